The number of hydrogen-bond acceptors (Lipinski definition) is 2. The van der Waals surface area contributed by atoms with E-state index in [1.54, 1.807) is 0 Å². The second kappa shape index (κ2) is 5.72. The number of nitrogens with two attached hydrogens (primary N) is 1. The molecule has 1 saturated carbocycles. The molecule has 0 radical (unpaired) electrons. The zero-order chi connectivity index (χ0) is 10.6. The molecule has 14 heavy (non-hydrogen) atoms. The largest absolute Gasteiger partial charge is 0.327 e. The lowest BCUT2D eigenvalue weighted by atomic mass is 9.97. The van der Waals surface area contributed by atoms with E-state index in [2.05, 4.69) is 26.1 Å². The van der Waals surface area contributed by atoms with Crippen molar-refractivity contribution in [2.24, 2.45) is 23.5 Å². The van der Waals surface area contributed by atoms with Gasteiger partial charge in [0.15, 0.2) is 0 Å². The van der Waals surface area contributed by atoms with Gasteiger partial charge in [0.2, 0.25) is 0 Å². The van der Waals surface area contributed by atoms with Crippen LogP contribution in [0.5, 0.6) is 0 Å². The van der Waals surface area contributed by atoms with Gasteiger partial charge in [0.25, 0.3) is 0 Å². The Kier molecular flexibility index (Phi) is 4.90. The molecule has 0 saturated heterocycles. The average molecular weight is 198 g/mol. The van der Waals surface area contributed by atoms with E-state index in [0.29, 0.717) is 6.04 Å². The van der Waals surface area contributed by atoms with Crippen molar-refractivity contribution >= 4 is 0 Å². The topological polar surface area (TPSA) is 38.0 Å². The average Bonchev–Trinajstić information content (AvgIpc) is 2.51. The Labute approximate surface area is 88.6 Å². The van der Waals surface area contributed by atoms with E-state index in [1.165, 1.54) is 19.3 Å². The van der Waals surface area contributed by atoms with Crippen molar-refractivity contribution in [1.82, 2.24) is 5.32 Å². The highest BCUT2D eigenvalue weighted by atomic mass is 14.9. The summed E-state index contributed by atoms with van der Waals surface area (Å²) in [5.74, 6) is 2.28. The van der Waals surface area contributed by atoms with Crippen molar-refractivity contribution in [3.05, 3.63) is 0 Å². The molecule has 3 atom stereocenters. The van der Waals surface area contributed by atoms with Crippen LogP contribution < -0.4 is 11.1 Å². The van der Waals surface area contributed by atoms with Crippen LogP contribution in [0.25, 0.3) is 0 Å². The van der Waals surface area contributed by atoms with Gasteiger partial charge >= 0.3 is 0 Å². The molecule has 0 aromatic heterocycles. The Balaban J connectivity index is 2.09. The lowest BCUT2D eigenvalue weighted by Gasteiger charge is -2.20. The Bertz CT molecular complexity index is 156. The molecule has 0 spiro atoms. The fourth-order valence-corrected chi connectivity index (χ4v) is 2.05. The van der Waals surface area contributed by atoms with Gasteiger partial charge in [-0.25, -0.2) is 0 Å². The van der Waals surface area contributed by atoms with Crippen LogP contribution in [-0.2, 0) is 0 Å². The third-order valence-corrected chi connectivity index (χ3v) is 3.73. The van der Waals surface area contributed by atoms with Crippen LogP contribution in [0.3, 0.4) is 0 Å². The predicted octanol–water partition coefficient (Wildman–Crippen LogP) is 2.00. The first kappa shape index (κ1) is 12.0. The third kappa shape index (κ3) is 3.58. The van der Waals surface area contributed by atoms with Crippen LogP contribution in [0, 0.1) is 17.8 Å². The molecular weight excluding hydrogens is 172 g/mol. The molecule has 1 rings (SSSR count). The molecule has 1 aliphatic carbocycles. The normalized spacial score (nSPS) is 29.8. The van der Waals surface area contributed by atoms with E-state index in [-0.39, 0.29) is 0 Å². The molecule has 2 heteroatoms. The van der Waals surface area contributed by atoms with Crippen LogP contribution in [0.4, 0.5) is 0 Å². The Morgan fingerprint density at radius 3 is 2.50 bits per heavy atom. The molecule has 0 bridgehead atoms. The summed E-state index contributed by atoms with van der Waals surface area (Å²) in [5.41, 5.74) is 6.02. The summed E-state index contributed by atoms with van der Waals surface area (Å²) < 4.78 is 0. The van der Waals surface area contributed by atoms with Crippen molar-refractivity contribution < 1.29 is 0 Å². The lowest BCUT2D eigenvalue weighted by molar-refractivity contribution is 0.364. The van der Waals surface area contributed by atoms with Crippen LogP contribution in [0.1, 0.15) is 40.0 Å². The van der Waals surface area contributed by atoms with Gasteiger partial charge < -0.3 is 11.1 Å². The second-order valence-corrected chi connectivity index (χ2v) is 5.23. The van der Waals surface area contributed by atoms with Crippen LogP contribution >= 0.6 is 0 Å². The first-order chi connectivity index (χ1) is 6.61. The van der Waals surface area contributed by atoms with Crippen LogP contribution in [-0.4, -0.2) is 19.1 Å². The molecule has 0 aromatic carbocycles. The van der Waals surface area contributed by atoms with Crippen LogP contribution in [0.15, 0.2) is 0 Å². The molecule has 0 heterocycles. The summed E-state index contributed by atoms with van der Waals surface area (Å²) in [5, 5.41) is 3.56. The summed E-state index contributed by atoms with van der Waals surface area (Å²) in [4.78, 5) is 0. The minimum atomic E-state index is 0.455. The van der Waals surface area contributed by atoms with Gasteiger partial charge in [-0.05, 0) is 43.7 Å². The maximum Gasteiger partial charge on any atom is 0.00792 e. The summed E-state index contributed by atoms with van der Waals surface area (Å²) in [6, 6.07) is 0.455. The smallest absolute Gasteiger partial charge is 0.00792 e. The molecule has 0 aromatic rings. The van der Waals surface area contributed by atoms with Gasteiger partial charge in [0.1, 0.15) is 0 Å². The van der Waals surface area contributed by atoms with Gasteiger partial charge in [-0.15, -0.1) is 0 Å². The van der Waals surface area contributed by atoms with E-state index in [0.717, 1.165) is 30.8 Å². The SMILES string of the molecule is CC(C)C(C)CNCC1CCCC1N. The van der Waals surface area contributed by atoms with Gasteiger partial charge in [0, 0.05) is 6.04 Å². The van der Waals surface area contributed by atoms with Crippen LogP contribution in [0.2, 0.25) is 0 Å². The van der Waals surface area contributed by atoms with E-state index >= 15 is 0 Å². The molecule has 1 fully saturated rings. The monoisotopic (exact) mass is 198 g/mol. The van der Waals surface area contributed by atoms with E-state index in [1.807, 2.05) is 0 Å². The predicted molar refractivity (Wildman–Crippen MR) is 62.2 cm³/mol. The third-order valence-electron chi connectivity index (χ3n) is 3.73. The summed E-state index contributed by atoms with van der Waals surface area (Å²) >= 11 is 0. The maximum atomic E-state index is 6.02. The van der Waals surface area contributed by atoms with Crippen molar-refractivity contribution in [2.45, 2.75) is 46.1 Å². The summed E-state index contributed by atoms with van der Waals surface area (Å²) in [6.07, 6.45) is 3.88. The molecule has 0 aliphatic heterocycles. The Morgan fingerprint density at radius 1 is 1.29 bits per heavy atom. The first-order valence-corrected chi connectivity index (χ1v) is 6.07. The fraction of sp³-hybridized carbons (Fsp3) is 1.00. The molecule has 3 N–H and O–H groups in total. The minimum Gasteiger partial charge on any atom is -0.327 e. The lowest BCUT2D eigenvalue weighted by Crippen LogP contribution is -2.35. The van der Waals surface area contributed by atoms with E-state index in [4.69, 9.17) is 5.73 Å². The number of rotatable bonds is 5. The fourth-order valence-electron chi connectivity index (χ4n) is 2.05. The molecule has 84 valence electrons. The van der Waals surface area contributed by atoms with E-state index in [9.17, 15) is 0 Å². The second-order valence-electron chi connectivity index (χ2n) is 5.23. The zero-order valence-corrected chi connectivity index (χ0v) is 9.92. The Morgan fingerprint density at radius 2 is 2.00 bits per heavy atom. The highest BCUT2D eigenvalue weighted by molar-refractivity contribution is 4.81. The maximum absolute atomic E-state index is 6.02. The quantitative estimate of drug-likeness (QED) is 0.709. The highest BCUT2D eigenvalue weighted by Gasteiger charge is 2.23. The minimum absolute atomic E-state index is 0.455. The molecule has 2 nitrogen and oxygen atoms in total. The molecule has 0 amide bonds. The van der Waals surface area contributed by atoms with Crippen molar-refractivity contribution in [2.75, 3.05) is 13.1 Å². The molecule has 1 aliphatic rings. The number of hydrogen-bond donors (Lipinski definition) is 2. The standard InChI is InChI=1S/C12H26N2/c1-9(2)10(3)7-14-8-11-5-4-6-12(11)13/h9-12,14H,4-8,13H2,1-3H3. The number of nitrogens with one attached hydrogen (secondary N) is 1. The van der Waals surface area contributed by atoms with Gasteiger partial charge in [-0.2, -0.15) is 0 Å². The molecule has 3 unspecified atom stereocenters. The summed E-state index contributed by atoms with van der Waals surface area (Å²) in [6.45, 7) is 9.15. The van der Waals surface area contributed by atoms with Gasteiger partial charge in [0.05, 0.1) is 0 Å². The van der Waals surface area contributed by atoms with Gasteiger partial charge in [-0.3, -0.25) is 0 Å². The summed E-state index contributed by atoms with van der Waals surface area (Å²) in [7, 11) is 0. The van der Waals surface area contributed by atoms with Crippen molar-refractivity contribution in [3.8, 4) is 0 Å². The first-order valence-electron chi connectivity index (χ1n) is 6.07. The van der Waals surface area contributed by atoms with Gasteiger partial charge in [-0.1, -0.05) is 27.2 Å². The Hall–Kier alpha value is -0.0800. The van der Waals surface area contributed by atoms with E-state index < -0.39 is 0 Å². The highest BCUT2D eigenvalue weighted by Crippen LogP contribution is 2.23. The van der Waals surface area contributed by atoms with Crippen molar-refractivity contribution in [3.63, 3.8) is 0 Å². The molecular formula is C12H26N2. The van der Waals surface area contributed by atoms with Crippen molar-refractivity contribution in [1.29, 1.82) is 0 Å². The zero-order valence-electron chi connectivity index (χ0n) is 9.92.